The number of hydrogen-bond acceptors (Lipinski definition) is 5. The van der Waals surface area contributed by atoms with Crippen LogP contribution in [0.15, 0.2) is 41.8 Å². The van der Waals surface area contributed by atoms with E-state index in [1.165, 1.54) is 9.71 Å². The molecule has 0 aliphatic carbocycles. The lowest BCUT2D eigenvalue weighted by molar-refractivity contribution is -0.0155. The van der Waals surface area contributed by atoms with Crippen LogP contribution in [0.5, 0.6) is 0 Å². The normalized spacial score (nSPS) is 26.5. The first-order valence-electron chi connectivity index (χ1n) is 9.45. The van der Waals surface area contributed by atoms with Gasteiger partial charge in [0.15, 0.2) is 0 Å². The lowest BCUT2D eigenvalue weighted by Gasteiger charge is -2.44. The third-order valence-corrected chi connectivity index (χ3v) is 6.34. The first kappa shape index (κ1) is 20.8. The Hall–Kier alpha value is -1.90. The molecule has 0 N–H and O–H groups in total. The number of ether oxygens (including phenoxy) is 2. The minimum Gasteiger partial charge on any atom is -0.444 e. The highest BCUT2D eigenvalue weighted by Crippen LogP contribution is 2.27. The van der Waals surface area contributed by atoms with Crippen LogP contribution < -0.4 is 0 Å². The van der Waals surface area contributed by atoms with Gasteiger partial charge >= 0.3 is 6.09 Å². The largest absolute Gasteiger partial charge is 0.444 e. The minimum atomic E-state index is -3.53. The molecule has 8 heteroatoms. The van der Waals surface area contributed by atoms with Crippen molar-refractivity contribution >= 4 is 16.1 Å². The molecule has 1 amide bonds. The highest BCUT2D eigenvalue weighted by Gasteiger charge is 2.43. The maximum atomic E-state index is 12.7. The van der Waals surface area contributed by atoms with Crippen molar-refractivity contribution in [1.29, 1.82) is 0 Å². The van der Waals surface area contributed by atoms with Crippen LogP contribution in [0.4, 0.5) is 4.79 Å². The maximum Gasteiger partial charge on any atom is 0.410 e. The Morgan fingerprint density at radius 2 is 1.89 bits per heavy atom. The van der Waals surface area contributed by atoms with E-state index in [-0.39, 0.29) is 25.7 Å². The highest BCUT2D eigenvalue weighted by atomic mass is 32.2. The van der Waals surface area contributed by atoms with Crippen LogP contribution in [-0.2, 0) is 26.1 Å². The molecule has 28 heavy (non-hydrogen) atoms. The van der Waals surface area contributed by atoms with Crippen LogP contribution in [0.25, 0.3) is 0 Å². The first-order chi connectivity index (χ1) is 13.2. The predicted molar refractivity (Wildman–Crippen MR) is 106 cm³/mol. The summed E-state index contributed by atoms with van der Waals surface area (Å²) in [7, 11) is -3.53. The predicted octanol–water partition coefficient (Wildman–Crippen LogP) is 2.74. The number of nitrogens with zero attached hydrogens (tertiary/aromatic N) is 2. The third kappa shape index (κ3) is 5.12. The van der Waals surface area contributed by atoms with Gasteiger partial charge in [-0.2, -0.15) is 4.31 Å². The van der Waals surface area contributed by atoms with E-state index in [9.17, 15) is 13.2 Å². The second-order valence-electron chi connectivity index (χ2n) is 8.16. The van der Waals surface area contributed by atoms with Gasteiger partial charge in [-0.1, -0.05) is 36.4 Å². The smallest absolute Gasteiger partial charge is 0.410 e. The topological polar surface area (TPSA) is 76.2 Å². The average Bonchev–Trinajstić information content (AvgIpc) is 2.73. The fraction of sp³-hybridized carbons (Fsp3) is 0.550. The van der Waals surface area contributed by atoms with E-state index >= 15 is 0 Å². The van der Waals surface area contributed by atoms with Crippen LogP contribution in [0.2, 0.25) is 0 Å². The van der Waals surface area contributed by atoms with E-state index < -0.39 is 27.8 Å². The minimum absolute atomic E-state index is 0.202. The molecule has 0 radical (unpaired) electrons. The molecular weight excluding hydrogens is 380 g/mol. The fourth-order valence-electron chi connectivity index (χ4n) is 3.42. The molecule has 1 aromatic rings. The monoisotopic (exact) mass is 408 g/mol. The molecule has 1 fully saturated rings. The molecule has 3 rings (SSSR count). The Kier molecular flexibility index (Phi) is 6.12. The van der Waals surface area contributed by atoms with Crippen molar-refractivity contribution in [3.63, 3.8) is 0 Å². The molecule has 0 saturated carbocycles. The van der Waals surface area contributed by atoms with Crippen molar-refractivity contribution < 1.29 is 22.7 Å². The zero-order valence-electron chi connectivity index (χ0n) is 16.6. The molecular formula is C20H28N2O5S. The van der Waals surface area contributed by atoms with Crippen LogP contribution in [-0.4, -0.2) is 61.1 Å². The molecule has 2 aliphatic rings. The molecule has 2 aliphatic heterocycles. The van der Waals surface area contributed by atoms with Gasteiger partial charge in [0.25, 0.3) is 0 Å². The lowest BCUT2D eigenvalue weighted by atomic mass is 10.1. The summed E-state index contributed by atoms with van der Waals surface area (Å²) < 4.78 is 38.0. The van der Waals surface area contributed by atoms with E-state index in [1.54, 1.807) is 11.0 Å². The first-order valence-corrected chi connectivity index (χ1v) is 11.0. The van der Waals surface area contributed by atoms with Gasteiger partial charge in [-0.15, -0.1) is 0 Å². The number of rotatable bonds is 4. The van der Waals surface area contributed by atoms with Gasteiger partial charge in [-0.05, 0) is 32.8 Å². The number of hydrogen-bond donors (Lipinski definition) is 0. The van der Waals surface area contributed by atoms with Crippen molar-refractivity contribution in [2.45, 2.75) is 51.5 Å². The summed E-state index contributed by atoms with van der Waals surface area (Å²) in [4.78, 5) is 14.3. The quantitative estimate of drug-likeness (QED) is 0.766. The number of piperazine rings is 1. The third-order valence-electron chi connectivity index (χ3n) is 4.70. The zero-order chi connectivity index (χ0) is 20.4. The Morgan fingerprint density at radius 3 is 2.57 bits per heavy atom. The molecule has 1 saturated heterocycles. The van der Waals surface area contributed by atoms with Crippen LogP contribution in [0.1, 0.15) is 32.8 Å². The molecule has 2 bridgehead atoms. The van der Waals surface area contributed by atoms with Crippen molar-refractivity contribution in [1.82, 2.24) is 9.21 Å². The lowest BCUT2D eigenvalue weighted by Crippen LogP contribution is -2.61. The summed E-state index contributed by atoms with van der Waals surface area (Å²) in [6.07, 6.45) is 1.68. The Labute approximate surface area is 167 Å². The number of amides is 1. The summed E-state index contributed by atoms with van der Waals surface area (Å²) >= 11 is 0. The maximum absolute atomic E-state index is 12.7. The van der Waals surface area contributed by atoms with Crippen molar-refractivity contribution in [3.05, 3.63) is 47.4 Å². The number of sulfonamides is 1. The highest BCUT2D eigenvalue weighted by molar-refractivity contribution is 7.92. The number of carbonyl (C=O) groups is 1. The average molecular weight is 409 g/mol. The molecule has 154 valence electrons. The van der Waals surface area contributed by atoms with E-state index in [2.05, 4.69) is 0 Å². The summed E-state index contributed by atoms with van der Waals surface area (Å²) in [5, 5.41) is 1.23. The summed E-state index contributed by atoms with van der Waals surface area (Å²) in [5.74, 6) is 0. The molecule has 2 heterocycles. The van der Waals surface area contributed by atoms with Gasteiger partial charge in [-0.3, -0.25) is 0 Å². The molecule has 3 atom stereocenters. The Bertz CT molecular complexity index is 817. The van der Waals surface area contributed by atoms with Crippen LogP contribution in [0, 0.1) is 0 Å². The van der Waals surface area contributed by atoms with E-state index in [0.717, 1.165) is 5.56 Å². The molecule has 1 aromatic carbocycles. The fourth-order valence-corrected chi connectivity index (χ4v) is 4.85. The van der Waals surface area contributed by atoms with E-state index in [4.69, 9.17) is 9.47 Å². The SMILES string of the molecule is CC(C)(C)OC(=O)N1C[C@H](COCc2ccccc2)N2C[C@H]1CC=CS2(=O)=O. The summed E-state index contributed by atoms with van der Waals surface area (Å²) in [5.41, 5.74) is 0.402. The molecule has 0 aromatic heterocycles. The van der Waals surface area contributed by atoms with Gasteiger partial charge < -0.3 is 14.4 Å². The Balaban J connectivity index is 1.74. The zero-order valence-corrected chi connectivity index (χ0v) is 17.4. The Morgan fingerprint density at radius 1 is 1.18 bits per heavy atom. The van der Waals surface area contributed by atoms with E-state index in [0.29, 0.717) is 13.0 Å². The number of fused-ring (bicyclic) bond motifs is 2. The number of carbonyl (C=O) groups excluding carboxylic acids is 1. The standard InChI is InChI=1S/C20H28N2O5S/c1-20(2,3)27-19(23)21-12-18(15-26-14-16-8-5-4-6-9-16)22-13-17(21)10-7-11-28(22,24)25/h4-9,11,17-18H,10,12-15H2,1-3H3/t17-,18-/m1/s1. The van der Waals surface area contributed by atoms with Crippen LogP contribution >= 0.6 is 0 Å². The van der Waals surface area contributed by atoms with Crippen molar-refractivity contribution in [3.8, 4) is 0 Å². The number of benzene rings is 1. The van der Waals surface area contributed by atoms with Gasteiger partial charge in [0.05, 0.1) is 25.3 Å². The van der Waals surface area contributed by atoms with Crippen molar-refractivity contribution in [2.24, 2.45) is 0 Å². The molecule has 1 unspecified atom stereocenters. The summed E-state index contributed by atoms with van der Waals surface area (Å²) in [6, 6.07) is 9.00. The second kappa shape index (κ2) is 8.23. The van der Waals surface area contributed by atoms with E-state index in [1.807, 2.05) is 51.1 Å². The molecule has 7 nitrogen and oxygen atoms in total. The van der Waals surface area contributed by atoms with Crippen LogP contribution in [0.3, 0.4) is 0 Å². The van der Waals surface area contributed by atoms with Gasteiger partial charge in [0.2, 0.25) is 10.0 Å². The van der Waals surface area contributed by atoms with Gasteiger partial charge in [0, 0.05) is 18.5 Å². The molecule has 0 spiro atoms. The van der Waals surface area contributed by atoms with Crippen molar-refractivity contribution in [2.75, 3.05) is 19.7 Å². The van der Waals surface area contributed by atoms with Gasteiger partial charge in [-0.25, -0.2) is 13.2 Å². The second-order valence-corrected chi connectivity index (χ2v) is 9.93. The summed E-state index contributed by atoms with van der Waals surface area (Å²) in [6.45, 7) is 6.53. The van der Waals surface area contributed by atoms with Gasteiger partial charge in [0.1, 0.15) is 5.60 Å².